The third-order valence-corrected chi connectivity index (χ3v) is 4.47. The third kappa shape index (κ3) is 3.50. The predicted molar refractivity (Wildman–Crippen MR) is 91.5 cm³/mol. The summed E-state index contributed by atoms with van der Waals surface area (Å²) < 4.78 is 0. The van der Waals surface area contributed by atoms with Crippen LogP contribution in [0.2, 0.25) is 0 Å². The zero-order chi connectivity index (χ0) is 16.2. The van der Waals surface area contributed by atoms with Crippen molar-refractivity contribution in [2.75, 3.05) is 23.3 Å². The van der Waals surface area contributed by atoms with Crippen LogP contribution < -0.4 is 10.2 Å². The maximum absolute atomic E-state index is 12.6. The van der Waals surface area contributed by atoms with Crippen LogP contribution in [0.3, 0.4) is 0 Å². The van der Waals surface area contributed by atoms with Crippen molar-refractivity contribution < 1.29 is 4.79 Å². The lowest BCUT2D eigenvalue weighted by molar-refractivity contribution is -0.120. The molecule has 0 unspecified atom stereocenters. The highest BCUT2D eigenvalue weighted by Gasteiger charge is 2.26. The van der Waals surface area contributed by atoms with Crippen LogP contribution in [0, 0.1) is 19.8 Å². The Hall–Kier alpha value is -2.43. The summed E-state index contributed by atoms with van der Waals surface area (Å²) in [5.41, 5.74) is 3.17. The standard InChI is InChI=1S/C18H22N4O/c1-13-4-3-5-14(2)17(13)21-18(23)15-6-10-22(11-7-15)16-12-19-8-9-20-16/h3-5,8-9,12,15H,6-7,10-11H2,1-2H3,(H,21,23). The molecule has 2 aromatic rings. The number of benzene rings is 1. The van der Waals surface area contributed by atoms with Gasteiger partial charge in [0.15, 0.2) is 0 Å². The van der Waals surface area contributed by atoms with E-state index in [0.717, 1.165) is 48.6 Å². The number of carbonyl (C=O) groups excluding carboxylic acids is 1. The average Bonchev–Trinajstić information content (AvgIpc) is 2.59. The van der Waals surface area contributed by atoms with Gasteiger partial charge in [0.05, 0.1) is 6.20 Å². The topological polar surface area (TPSA) is 58.1 Å². The minimum absolute atomic E-state index is 0.0573. The summed E-state index contributed by atoms with van der Waals surface area (Å²) in [5, 5.41) is 3.12. The average molecular weight is 310 g/mol. The molecule has 23 heavy (non-hydrogen) atoms. The maximum Gasteiger partial charge on any atom is 0.227 e. The van der Waals surface area contributed by atoms with Crippen LogP contribution in [-0.2, 0) is 4.79 Å². The number of carbonyl (C=O) groups is 1. The molecular formula is C18H22N4O. The van der Waals surface area contributed by atoms with Crippen LogP contribution in [0.25, 0.3) is 0 Å². The summed E-state index contributed by atoms with van der Waals surface area (Å²) in [5.74, 6) is 1.07. The molecule has 2 heterocycles. The summed E-state index contributed by atoms with van der Waals surface area (Å²) in [4.78, 5) is 23.2. The lowest BCUT2D eigenvalue weighted by Gasteiger charge is -2.32. The molecule has 1 aromatic carbocycles. The van der Waals surface area contributed by atoms with Crippen molar-refractivity contribution in [1.82, 2.24) is 9.97 Å². The van der Waals surface area contributed by atoms with E-state index in [1.54, 1.807) is 18.6 Å². The first-order valence-corrected chi connectivity index (χ1v) is 8.03. The second-order valence-corrected chi connectivity index (χ2v) is 6.08. The molecule has 1 aliphatic rings. The first kappa shape index (κ1) is 15.5. The van der Waals surface area contributed by atoms with E-state index >= 15 is 0 Å². The quantitative estimate of drug-likeness (QED) is 0.947. The highest BCUT2D eigenvalue weighted by atomic mass is 16.1. The van der Waals surface area contributed by atoms with Gasteiger partial charge in [-0.05, 0) is 37.8 Å². The van der Waals surface area contributed by atoms with Gasteiger partial charge in [0.2, 0.25) is 5.91 Å². The normalized spacial score (nSPS) is 15.5. The number of amides is 1. The van der Waals surface area contributed by atoms with E-state index in [0.29, 0.717) is 0 Å². The Balaban J connectivity index is 1.60. The van der Waals surface area contributed by atoms with Crippen molar-refractivity contribution in [3.8, 4) is 0 Å². The van der Waals surface area contributed by atoms with Crippen molar-refractivity contribution >= 4 is 17.4 Å². The number of aromatic nitrogens is 2. The molecule has 0 saturated carbocycles. The predicted octanol–water partition coefficient (Wildman–Crippen LogP) is 2.95. The van der Waals surface area contributed by atoms with Crippen LogP contribution in [0.5, 0.6) is 0 Å². The van der Waals surface area contributed by atoms with Gasteiger partial charge in [-0.25, -0.2) is 4.98 Å². The maximum atomic E-state index is 12.6. The Kier molecular flexibility index (Phi) is 4.55. The van der Waals surface area contributed by atoms with Gasteiger partial charge < -0.3 is 10.2 Å². The van der Waals surface area contributed by atoms with Crippen LogP contribution in [0.15, 0.2) is 36.8 Å². The number of aryl methyl sites for hydroxylation is 2. The zero-order valence-corrected chi connectivity index (χ0v) is 13.6. The summed E-state index contributed by atoms with van der Waals surface area (Å²) in [6.07, 6.45) is 6.83. The molecular weight excluding hydrogens is 288 g/mol. The second-order valence-electron chi connectivity index (χ2n) is 6.08. The van der Waals surface area contributed by atoms with Crippen molar-refractivity contribution in [2.24, 2.45) is 5.92 Å². The first-order chi connectivity index (χ1) is 11.1. The Morgan fingerprint density at radius 2 is 1.87 bits per heavy atom. The third-order valence-electron chi connectivity index (χ3n) is 4.47. The van der Waals surface area contributed by atoms with Crippen molar-refractivity contribution in [3.63, 3.8) is 0 Å². The molecule has 5 heteroatoms. The summed E-state index contributed by atoms with van der Waals surface area (Å²) in [6, 6.07) is 6.07. The smallest absolute Gasteiger partial charge is 0.227 e. The summed E-state index contributed by atoms with van der Waals surface area (Å²) in [6.45, 7) is 5.73. The molecule has 0 atom stereocenters. The van der Waals surface area contributed by atoms with E-state index in [2.05, 4.69) is 20.2 Å². The monoisotopic (exact) mass is 310 g/mol. The lowest BCUT2D eigenvalue weighted by Crippen LogP contribution is -2.38. The van der Waals surface area contributed by atoms with Gasteiger partial charge in [0, 0.05) is 37.1 Å². The molecule has 0 radical (unpaired) electrons. The van der Waals surface area contributed by atoms with Gasteiger partial charge in [0.1, 0.15) is 5.82 Å². The van der Waals surface area contributed by atoms with E-state index < -0.39 is 0 Å². The molecule has 1 aromatic heterocycles. The van der Waals surface area contributed by atoms with Gasteiger partial charge >= 0.3 is 0 Å². The van der Waals surface area contributed by atoms with Gasteiger partial charge in [-0.3, -0.25) is 9.78 Å². The molecule has 0 spiro atoms. The number of piperidine rings is 1. The van der Waals surface area contributed by atoms with Gasteiger partial charge in [-0.2, -0.15) is 0 Å². The first-order valence-electron chi connectivity index (χ1n) is 8.03. The zero-order valence-electron chi connectivity index (χ0n) is 13.6. The van der Waals surface area contributed by atoms with Crippen LogP contribution in [-0.4, -0.2) is 29.0 Å². The van der Waals surface area contributed by atoms with Crippen LogP contribution in [0.4, 0.5) is 11.5 Å². The van der Waals surface area contributed by atoms with E-state index in [1.165, 1.54) is 0 Å². The van der Waals surface area contributed by atoms with E-state index in [-0.39, 0.29) is 11.8 Å². The van der Waals surface area contributed by atoms with Gasteiger partial charge in [-0.15, -0.1) is 0 Å². The van der Waals surface area contributed by atoms with Gasteiger partial charge in [-0.1, -0.05) is 18.2 Å². The van der Waals surface area contributed by atoms with Crippen molar-refractivity contribution in [2.45, 2.75) is 26.7 Å². The molecule has 1 saturated heterocycles. The van der Waals surface area contributed by atoms with E-state index in [1.807, 2.05) is 32.0 Å². The number of hydrogen-bond acceptors (Lipinski definition) is 4. The minimum Gasteiger partial charge on any atom is -0.355 e. The highest BCUT2D eigenvalue weighted by Crippen LogP contribution is 2.25. The molecule has 1 aliphatic heterocycles. The van der Waals surface area contributed by atoms with Crippen LogP contribution >= 0.6 is 0 Å². The molecule has 0 aliphatic carbocycles. The fourth-order valence-corrected chi connectivity index (χ4v) is 3.06. The number of rotatable bonds is 3. The van der Waals surface area contributed by atoms with Gasteiger partial charge in [0.25, 0.3) is 0 Å². The second kappa shape index (κ2) is 6.77. The Labute approximate surface area is 136 Å². The van der Waals surface area contributed by atoms with Crippen molar-refractivity contribution in [3.05, 3.63) is 47.9 Å². The molecule has 1 amide bonds. The van der Waals surface area contributed by atoms with E-state index in [9.17, 15) is 4.79 Å². The molecule has 5 nitrogen and oxygen atoms in total. The Morgan fingerprint density at radius 3 is 2.48 bits per heavy atom. The van der Waals surface area contributed by atoms with Crippen molar-refractivity contribution in [1.29, 1.82) is 0 Å². The fraction of sp³-hybridized carbons (Fsp3) is 0.389. The summed E-state index contributed by atoms with van der Waals surface area (Å²) >= 11 is 0. The lowest BCUT2D eigenvalue weighted by atomic mass is 9.95. The Bertz CT molecular complexity index is 658. The highest BCUT2D eigenvalue weighted by molar-refractivity contribution is 5.94. The number of hydrogen-bond donors (Lipinski definition) is 1. The minimum atomic E-state index is 0.0573. The molecule has 1 fully saturated rings. The van der Waals surface area contributed by atoms with E-state index in [4.69, 9.17) is 0 Å². The number of anilines is 2. The summed E-state index contributed by atoms with van der Waals surface area (Å²) in [7, 11) is 0. The Morgan fingerprint density at radius 1 is 1.17 bits per heavy atom. The SMILES string of the molecule is Cc1cccc(C)c1NC(=O)C1CCN(c2cnccn2)CC1. The molecule has 3 rings (SSSR count). The fourth-order valence-electron chi connectivity index (χ4n) is 3.06. The number of nitrogens with zero attached hydrogens (tertiary/aromatic N) is 3. The van der Waals surface area contributed by atoms with Crippen LogP contribution in [0.1, 0.15) is 24.0 Å². The molecule has 1 N–H and O–H groups in total. The number of para-hydroxylation sites is 1. The number of nitrogens with one attached hydrogen (secondary N) is 1. The molecule has 0 bridgehead atoms. The molecule has 120 valence electrons. The largest absolute Gasteiger partial charge is 0.355 e.